The molecule has 29 heavy (non-hydrogen) atoms. The van der Waals surface area contributed by atoms with Crippen molar-refractivity contribution in [3.05, 3.63) is 63.5 Å². The number of aromatic nitrogens is 1. The normalized spacial score (nSPS) is 14.1. The number of benzene rings is 2. The highest BCUT2D eigenvalue weighted by molar-refractivity contribution is 7.16. The van der Waals surface area contributed by atoms with E-state index in [1.54, 1.807) is 11.5 Å². The zero-order valence-corrected chi connectivity index (χ0v) is 17.6. The molecule has 0 N–H and O–H groups in total. The zero-order valence-electron chi connectivity index (χ0n) is 16.7. The second-order valence-corrected chi connectivity index (χ2v) is 8.31. The lowest BCUT2D eigenvalue weighted by Gasteiger charge is -2.15. The molecule has 0 bridgehead atoms. The number of hydrogen-bond acceptors (Lipinski definition) is 4. The number of ether oxygens (including phenoxy) is 1. The van der Waals surface area contributed by atoms with Gasteiger partial charge in [0.2, 0.25) is 0 Å². The number of nitrogens with zero attached hydrogens (tertiary/aromatic N) is 2. The van der Waals surface area contributed by atoms with E-state index in [1.807, 2.05) is 37.3 Å². The first kappa shape index (κ1) is 19.6. The molecule has 1 aromatic heterocycles. The monoisotopic (exact) mass is 408 g/mol. The van der Waals surface area contributed by atoms with Gasteiger partial charge in [-0.25, -0.2) is 0 Å². The molecule has 0 saturated carbocycles. The maximum Gasteiger partial charge on any atom is 0.326 e. The van der Waals surface area contributed by atoms with Gasteiger partial charge in [0, 0.05) is 5.56 Å². The van der Waals surface area contributed by atoms with Gasteiger partial charge in [-0.3, -0.25) is 9.59 Å². The van der Waals surface area contributed by atoms with Crippen molar-refractivity contribution in [2.75, 3.05) is 6.61 Å². The van der Waals surface area contributed by atoms with Crippen LogP contribution in [0.1, 0.15) is 46.8 Å². The molecule has 5 nitrogen and oxygen atoms in total. The molecule has 1 aliphatic carbocycles. The van der Waals surface area contributed by atoms with Crippen LogP contribution in [0.15, 0.2) is 41.4 Å². The summed E-state index contributed by atoms with van der Waals surface area (Å²) in [6.45, 7) is 4.13. The van der Waals surface area contributed by atoms with Gasteiger partial charge in [-0.15, -0.1) is 0 Å². The number of carbonyl (C=O) groups excluding carboxylic acids is 2. The molecule has 6 heteroatoms. The van der Waals surface area contributed by atoms with Crippen molar-refractivity contribution in [2.24, 2.45) is 4.99 Å². The number of aryl methyl sites for hydroxylation is 3. The number of hydrogen-bond donors (Lipinski definition) is 0. The molecule has 1 amide bonds. The van der Waals surface area contributed by atoms with Gasteiger partial charge < -0.3 is 9.30 Å². The van der Waals surface area contributed by atoms with E-state index < -0.39 is 0 Å². The van der Waals surface area contributed by atoms with E-state index in [0.29, 0.717) is 17.0 Å². The van der Waals surface area contributed by atoms with Crippen LogP contribution < -0.4 is 4.80 Å². The molecule has 2 aromatic carbocycles. The SMILES string of the molecule is CCOC(=O)Cn1c(=NC(=O)c2ccc3c(c2)CCCC3)sc2cccc(C)c21. The van der Waals surface area contributed by atoms with Crippen LogP contribution in [0.2, 0.25) is 0 Å². The minimum atomic E-state index is -0.335. The summed E-state index contributed by atoms with van der Waals surface area (Å²) < 4.78 is 7.92. The minimum absolute atomic E-state index is 0.0367. The Morgan fingerprint density at radius 1 is 1.14 bits per heavy atom. The van der Waals surface area contributed by atoms with Gasteiger partial charge in [0.15, 0.2) is 4.80 Å². The van der Waals surface area contributed by atoms with Crippen LogP contribution in [0.5, 0.6) is 0 Å². The van der Waals surface area contributed by atoms with Gasteiger partial charge in [0.25, 0.3) is 5.91 Å². The van der Waals surface area contributed by atoms with E-state index in [-0.39, 0.29) is 18.4 Å². The molecule has 3 aromatic rings. The lowest BCUT2D eigenvalue weighted by atomic mass is 9.90. The Morgan fingerprint density at radius 3 is 2.72 bits per heavy atom. The fraction of sp³-hybridized carbons (Fsp3) is 0.348. The molecule has 1 heterocycles. The van der Waals surface area contributed by atoms with Crippen LogP contribution in [0, 0.1) is 6.92 Å². The molecule has 0 saturated heterocycles. The molecular formula is C23H24N2O3S. The van der Waals surface area contributed by atoms with Gasteiger partial charge in [-0.05, 0) is 74.4 Å². The second-order valence-electron chi connectivity index (χ2n) is 7.31. The topological polar surface area (TPSA) is 60.7 Å². The van der Waals surface area contributed by atoms with Crippen LogP contribution in [-0.2, 0) is 28.9 Å². The lowest BCUT2D eigenvalue weighted by molar-refractivity contribution is -0.143. The number of para-hydroxylation sites is 1. The molecular weight excluding hydrogens is 384 g/mol. The third-order valence-corrected chi connectivity index (χ3v) is 6.33. The Hall–Kier alpha value is -2.73. The molecule has 1 aliphatic rings. The molecule has 4 rings (SSSR count). The van der Waals surface area contributed by atoms with Gasteiger partial charge in [-0.1, -0.05) is 29.5 Å². The molecule has 150 valence electrons. The molecule has 0 unspecified atom stereocenters. The van der Waals surface area contributed by atoms with Crippen molar-refractivity contribution in [2.45, 2.75) is 46.1 Å². The van der Waals surface area contributed by atoms with Gasteiger partial charge in [0.1, 0.15) is 6.54 Å². The summed E-state index contributed by atoms with van der Waals surface area (Å²) in [6, 6.07) is 11.8. The third-order valence-electron chi connectivity index (χ3n) is 5.29. The zero-order chi connectivity index (χ0) is 20.4. The number of rotatable bonds is 4. The Balaban J connectivity index is 1.78. The van der Waals surface area contributed by atoms with E-state index in [0.717, 1.165) is 35.0 Å². The predicted molar refractivity (Wildman–Crippen MR) is 114 cm³/mol. The lowest BCUT2D eigenvalue weighted by Crippen LogP contribution is -2.23. The van der Waals surface area contributed by atoms with Crippen molar-refractivity contribution >= 4 is 33.4 Å². The maximum atomic E-state index is 12.9. The van der Waals surface area contributed by atoms with Crippen LogP contribution in [-0.4, -0.2) is 23.1 Å². The smallest absolute Gasteiger partial charge is 0.326 e. The van der Waals surface area contributed by atoms with E-state index >= 15 is 0 Å². The van der Waals surface area contributed by atoms with Crippen LogP contribution in [0.3, 0.4) is 0 Å². The Morgan fingerprint density at radius 2 is 1.93 bits per heavy atom. The molecule has 0 radical (unpaired) electrons. The molecule has 0 fully saturated rings. The summed E-state index contributed by atoms with van der Waals surface area (Å²) in [7, 11) is 0. The predicted octanol–water partition coefficient (Wildman–Crippen LogP) is 4.19. The van der Waals surface area contributed by atoms with Gasteiger partial charge in [0.05, 0.1) is 16.8 Å². The summed E-state index contributed by atoms with van der Waals surface area (Å²) in [6.07, 6.45) is 4.47. The highest BCUT2D eigenvalue weighted by Crippen LogP contribution is 2.23. The fourth-order valence-electron chi connectivity index (χ4n) is 3.89. The van der Waals surface area contributed by atoms with Crippen molar-refractivity contribution in [3.8, 4) is 0 Å². The third kappa shape index (κ3) is 4.03. The standard InChI is InChI=1S/C23H24N2O3S/c1-3-28-20(26)14-25-21-15(2)7-6-10-19(21)29-23(25)24-22(27)18-12-11-16-8-4-5-9-17(16)13-18/h6-7,10-13H,3-5,8-9,14H2,1-2H3. The van der Waals surface area contributed by atoms with Crippen molar-refractivity contribution in [1.82, 2.24) is 4.57 Å². The molecule has 0 spiro atoms. The Bertz CT molecular complexity index is 1160. The second kappa shape index (κ2) is 8.33. The van der Waals surface area contributed by atoms with Gasteiger partial charge in [-0.2, -0.15) is 4.99 Å². The van der Waals surface area contributed by atoms with Crippen LogP contribution >= 0.6 is 11.3 Å². The van der Waals surface area contributed by atoms with Crippen LogP contribution in [0.25, 0.3) is 10.2 Å². The van der Waals surface area contributed by atoms with E-state index in [9.17, 15) is 9.59 Å². The van der Waals surface area contributed by atoms with E-state index in [1.165, 1.54) is 28.9 Å². The van der Waals surface area contributed by atoms with Crippen molar-refractivity contribution in [3.63, 3.8) is 0 Å². The summed E-state index contributed by atoms with van der Waals surface area (Å²) in [5, 5.41) is 0. The van der Waals surface area contributed by atoms with E-state index in [2.05, 4.69) is 11.1 Å². The average Bonchev–Trinajstić information content (AvgIpc) is 3.06. The number of fused-ring (bicyclic) bond motifs is 2. The van der Waals surface area contributed by atoms with Crippen molar-refractivity contribution in [1.29, 1.82) is 0 Å². The Kier molecular flexibility index (Phi) is 5.62. The summed E-state index contributed by atoms with van der Waals surface area (Å²) >= 11 is 1.42. The summed E-state index contributed by atoms with van der Waals surface area (Å²) in [5.74, 6) is -0.613. The summed E-state index contributed by atoms with van der Waals surface area (Å²) in [5.41, 5.74) is 5.14. The quantitative estimate of drug-likeness (QED) is 0.608. The average molecular weight is 409 g/mol. The highest BCUT2D eigenvalue weighted by atomic mass is 32.1. The molecule has 0 atom stereocenters. The van der Waals surface area contributed by atoms with Gasteiger partial charge >= 0.3 is 5.97 Å². The number of thiazole rings is 1. The summed E-state index contributed by atoms with van der Waals surface area (Å²) in [4.78, 5) is 30.0. The minimum Gasteiger partial charge on any atom is -0.465 e. The first-order chi connectivity index (χ1) is 14.1. The first-order valence-electron chi connectivity index (χ1n) is 10.0. The van der Waals surface area contributed by atoms with E-state index in [4.69, 9.17) is 4.74 Å². The highest BCUT2D eigenvalue weighted by Gasteiger charge is 2.16. The largest absolute Gasteiger partial charge is 0.465 e. The van der Waals surface area contributed by atoms with Crippen LogP contribution in [0.4, 0.5) is 0 Å². The number of esters is 1. The maximum absolute atomic E-state index is 12.9. The first-order valence-corrected chi connectivity index (χ1v) is 10.8. The number of carbonyl (C=O) groups is 2. The fourth-order valence-corrected chi connectivity index (χ4v) is 5.00. The molecule has 0 aliphatic heterocycles. The Labute approximate surface area is 173 Å². The van der Waals surface area contributed by atoms with Crippen molar-refractivity contribution < 1.29 is 14.3 Å². The number of amides is 1.